The minimum Gasteiger partial charge on any atom is -0.479 e. The highest BCUT2D eigenvalue weighted by atomic mass is 19.1. The Morgan fingerprint density at radius 2 is 2.24 bits per heavy atom. The van der Waals surface area contributed by atoms with Crippen LogP contribution in [0.25, 0.3) is 0 Å². The SMILES string of the molecule is CCNC(CN(C)C)c1ccnc(OC)c1F. The molecule has 0 spiro atoms. The number of rotatable bonds is 6. The largest absolute Gasteiger partial charge is 0.479 e. The number of nitrogens with zero attached hydrogens (tertiary/aromatic N) is 2. The van der Waals surface area contributed by atoms with Crippen molar-refractivity contribution in [2.75, 3.05) is 34.3 Å². The minimum absolute atomic E-state index is 0.0455. The van der Waals surface area contributed by atoms with E-state index in [0.717, 1.165) is 13.1 Å². The fourth-order valence-electron chi connectivity index (χ4n) is 1.73. The van der Waals surface area contributed by atoms with Crippen LogP contribution in [0.15, 0.2) is 12.3 Å². The average molecular weight is 241 g/mol. The molecule has 0 fully saturated rings. The van der Waals surface area contributed by atoms with Gasteiger partial charge in [0.05, 0.1) is 7.11 Å². The van der Waals surface area contributed by atoms with Gasteiger partial charge < -0.3 is 15.0 Å². The Bertz CT molecular complexity index is 358. The van der Waals surface area contributed by atoms with Gasteiger partial charge in [-0.25, -0.2) is 9.37 Å². The van der Waals surface area contributed by atoms with Crippen molar-refractivity contribution in [2.45, 2.75) is 13.0 Å². The van der Waals surface area contributed by atoms with Gasteiger partial charge >= 0.3 is 0 Å². The Labute approximate surface area is 102 Å². The molecular weight excluding hydrogens is 221 g/mol. The van der Waals surface area contributed by atoms with Crippen molar-refractivity contribution in [1.29, 1.82) is 0 Å². The number of hydrogen-bond acceptors (Lipinski definition) is 4. The maximum absolute atomic E-state index is 14.1. The molecule has 0 aromatic carbocycles. The van der Waals surface area contributed by atoms with Crippen molar-refractivity contribution in [3.63, 3.8) is 0 Å². The Morgan fingerprint density at radius 3 is 2.76 bits per heavy atom. The van der Waals surface area contributed by atoms with Gasteiger partial charge in [0, 0.05) is 24.3 Å². The van der Waals surface area contributed by atoms with Crippen LogP contribution in [0.4, 0.5) is 4.39 Å². The van der Waals surface area contributed by atoms with E-state index in [9.17, 15) is 4.39 Å². The Balaban J connectivity index is 3.00. The van der Waals surface area contributed by atoms with Crippen molar-refractivity contribution in [2.24, 2.45) is 0 Å². The summed E-state index contributed by atoms with van der Waals surface area (Å²) < 4.78 is 18.9. The van der Waals surface area contributed by atoms with Gasteiger partial charge in [-0.15, -0.1) is 0 Å². The lowest BCUT2D eigenvalue weighted by molar-refractivity contribution is 0.329. The number of methoxy groups -OCH3 is 1. The monoisotopic (exact) mass is 241 g/mol. The molecule has 0 saturated carbocycles. The van der Waals surface area contributed by atoms with Crippen LogP contribution in [-0.2, 0) is 0 Å². The summed E-state index contributed by atoms with van der Waals surface area (Å²) in [4.78, 5) is 5.85. The molecule has 1 aromatic heterocycles. The van der Waals surface area contributed by atoms with Crippen LogP contribution in [0, 0.1) is 5.82 Å². The van der Waals surface area contributed by atoms with Crippen LogP contribution in [0.5, 0.6) is 5.88 Å². The summed E-state index contributed by atoms with van der Waals surface area (Å²) >= 11 is 0. The summed E-state index contributed by atoms with van der Waals surface area (Å²) in [6.07, 6.45) is 1.57. The molecule has 0 amide bonds. The molecule has 0 aliphatic rings. The standard InChI is InChI=1S/C12H20FN3O/c1-5-14-10(8-16(2)3)9-6-7-15-12(17-4)11(9)13/h6-7,10,14H,5,8H2,1-4H3. The smallest absolute Gasteiger partial charge is 0.250 e. The number of pyridine rings is 1. The molecule has 1 atom stereocenters. The zero-order valence-corrected chi connectivity index (χ0v) is 10.8. The predicted molar refractivity (Wildman–Crippen MR) is 65.7 cm³/mol. The predicted octanol–water partition coefficient (Wildman–Crippen LogP) is 1.44. The number of likely N-dealkylation sites (N-methyl/N-ethyl adjacent to an activating group) is 2. The van der Waals surface area contributed by atoms with E-state index >= 15 is 0 Å². The maximum Gasteiger partial charge on any atom is 0.250 e. The van der Waals surface area contributed by atoms with Crippen molar-refractivity contribution < 1.29 is 9.13 Å². The summed E-state index contributed by atoms with van der Waals surface area (Å²) in [5.41, 5.74) is 0.590. The molecule has 1 rings (SSSR count). The van der Waals surface area contributed by atoms with Crippen molar-refractivity contribution in [1.82, 2.24) is 15.2 Å². The second-order valence-electron chi connectivity index (χ2n) is 4.10. The highest BCUT2D eigenvalue weighted by Gasteiger charge is 2.19. The molecule has 0 radical (unpaired) electrons. The molecule has 96 valence electrons. The average Bonchev–Trinajstić information content (AvgIpc) is 2.28. The van der Waals surface area contributed by atoms with E-state index in [2.05, 4.69) is 10.3 Å². The molecular formula is C12H20FN3O. The van der Waals surface area contributed by atoms with Crippen LogP contribution in [0.1, 0.15) is 18.5 Å². The Hall–Kier alpha value is -1.20. The second-order valence-corrected chi connectivity index (χ2v) is 4.10. The number of aromatic nitrogens is 1. The van der Waals surface area contributed by atoms with Crippen LogP contribution in [0.3, 0.4) is 0 Å². The van der Waals surface area contributed by atoms with Crippen LogP contribution in [0.2, 0.25) is 0 Å². The number of halogens is 1. The minimum atomic E-state index is -0.386. The Morgan fingerprint density at radius 1 is 1.53 bits per heavy atom. The molecule has 0 bridgehead atoms. The van der Waals surface area contributed by atoms with E-state index in [1.807, 2.05) is 25.9 Å². The van der Waals surface area contributed by atoms with Gasteiger partial charge in [0.25, 0.3) is 0 Å². The summed E-state index contributed by atoms with van der Waals surface area (Å²) in [7, 11) is 5.34. The summed E-state index contributed by atoms with van der Waals surface area (Å²) in [5.74, 6) is -0.341. The lowest BCUT2D eigenvalue weighted by Crippen LogP contribution is -2.31. The molecule has 1 N–H and O–H groups in total. The normalized spacial score (nSPS) is 12.8. The van der Waals surface area contributed by atoms with E-state index in [1.54, 1.807) is 12.3 Å². The summed E-state index contributed by atoms with van der Waals surface area (Å²) in [6, 6.07) is 1.63. The van der Waals surface area contributed by atoms with Gasteiger partial charge in [-0.2, -0.15) is 0 Å². The van der Waals surface area contributed by atoms with Gasteiger partial charge in [0.2, 0.25) is 5.88 Å². The van der Waals surface area contributed by atoms with Gasteiger partial charge in [-0.1, -0.05) is 6.92 Å². The summed E-state index contributed by atoms with van der Waals surface area (Å²) in [6.45, 7) is 3.50. The highest BCUT2D eigenvalue weighted by Crippen LogP contribution is 2.23. The molecule has 0 aliphatic carbocycles. The van der Waals surface area contributed by atoms with Gasteiger partial charge in [0.15, 0.2) is 5.82 Å². The van der Waals surface area contributed by atoms with Crippen LogP contribution < -0.4 is 10.1 Å². The van der Waals surface area contributed by atoms with Crippen molar-refractivity contribution in [3.05, 3.63) is 23.6 Å². The number of nitrogens with one attached hydrogen (secondary N) is 1. The molecule has 0 saturated heterocycles. The summed E-state index contributed by atoms with van der Waals surface area (Å²) in [5, 5.41) is 3.26. The van der Waals surface area contributed by atoms with E-state index in [0.29, 0.717) is 5.56 Å². The number of hydrogen-bond donors (Lipinski definition) is 1. The molecule has 4 nitrogen and oxygen atoms in total. The molecule has 1 heterocycles. The second kappa shape index (κ2) is 6.51. The first-order valence-corrected chi connectivity index (χ1v) is 5.66. The molecule has 17 heavy (non-hydrogen) atoms. The first-order chi connectivity index (χ1) is 8.10. The molecule has 0 aliphatic heterocycles. The third-order valence-corrected chi connectivity index (χ3v) is 2.45. The first kappa shape index (κ1) is 13.9. The number of ether oxygens (including phenoxy) is 1. The quantitative estimate of drug-likeness (QED) is 0.818. The lowest BCUT2D eigenvalue weighted by Gasteiger charge is -2.22. The Kier molecular flexibility index (Phi) is 5.31. The van der Waals surface area contributed by atoms with Crippen molar-refractivity contribution >= 4 is 0 Å². The third-order valence-electron chi connectivity index (χ3n) is 2.45. The molecule has 1 unspecified atom stereocenters. The van der Waals surface area contributed by atoms with Crippen molar-refractivity contribution in [3.8, 4) is 5.88 Å². The lowest BCUT2D eigenvalue weighted by atomic mass is 10.1. The van der Waals surface area contributed by atoms with Crippen LogP contribution >= 0.6 is 0 Å². The molecule has 1 aromatic rings. The van der Waals surface area contributed by atoms with Gasteiger partial charge in [-0.3, -0.25) is 0 Å². The third kappa shape index (κ3) is 3.64. The van der Waals surface area contributed by atoms with Crippen LogP contribution in [-0.4, -0.2) is 44.2 Å². The molecule has 5 heteroatoms. The van der Waals surface area contributed by atoms with E-state index in [4.69, 9.17) is 4.74 Å². The zero-order valence-electron chi connectivity index (χ0n) is 10.8. The van der Waals surface area contributed by atoms with Gasteiger partial charge in [-0.05, 0) is 26.7 Å². The fraction of sp³-hybridized carbons (Fsp3) is 0.583. The van der Waals surface area contributed by atoms with Gasteiger partial charge in [0.1, 0.15) is 0 Å². The van der Waals surface area contributed by atoms with E-state index < -0.39 is 0 Å². The van der Waals surface area contributed by atoms with E-state index in [-0.39, 0.29) is 17.7 Å². The first-order valence-electron chi connectivity index (χ1n) is 5.66. The fourth-order valence-corrected chi connectivity index (χ4v) is 1.73. The van der Waals surface area contributed by atoms with E-state index in [1.165, 1.54) is 7.11 Å². The maximum atomic E-state index is 14.1. The highest BCUT2D eigenvalue weighted by molar-refractivity contribution is 5.26. The zero-order chi connectivity index (χ0) is 12.8. The topological polar surface area (TPSA) is 37.4 Å².